The smallest absolute Gasteiger partial charge is 0.237 e. The van der Waals surface area contributed by atoms with Gasteiger partial charge in [-0.3, -0.25) is 4.79 Å². The summed E-state index contributed by atoms with van der Waals surface area (Å²) < 4.78 is 0. The van der Waals surface area contributed by atoms with Gasteiger partial charge in [-0.2, -0.15) is 0 Å². The van der Waals surface area contributed by atoms with E-state index in [9.17, 15) is 4.79 Å². The number of hydrogen-bond donors (Lipinski definition) is 3. The molecule has 1 aromatic carbocycles. The lowest BCUT2D eigenvalue weighted by atomic mass is 9.95. The van der Waals surface area contributed by atoms with Crippen LogP contribution < -0.4 is 10.6 Å². The van der Waals surface area contributed by atoms with Crippen LogP contribution >= 0.6 is 0 Å². The standard InChI is InChI=1S/C14H20N2O2/c1-14(2,9-17)16-13(18)12-7-10-5-3-4-6-11(10)8-15-12/h3-6,12,15,17H,7-9H2,1-2H3,(H,16,18)/t12-/m1/s1. The molecule has 1 aliphatic rings. The van der Waals surface area contributed by atoms with Crippen molar-refractivity contribution in [1.82, 2.24) is 10.6 Å². The third kappa shape index (κ3) is 2.89. The first-order valence-corrected chi connectivity index (χ1v) is 6.25. The van der Waals surface area contributed by atoms with Gasteiger partial charge in [-0.15, -0.1) is 0 Å². The number of rotatable bonds is 3. The van der Waals surface area contributed by atoms with Crippen LogP contribution in [-0.2, 0) is 17.8 Å². The van der Waals surface area contributed by atoms with E-state index in [4.69, 9.17) is 5.11 Å². The van der Waals surface area contributed by atoms with Crippen molar-refractivity contribution < 1.29 is 9.90 Å². The summed E-state index contributed by atoms with van der Waals surface area (Å²) in [5.41, 5.74) is 1.90. The molecule has 0 aliphatic carbocycles. The number of carbonyl (C=O) groups is 1. The first kappa shape index (κ1) is 13.1. The topological polar surface area (TPSA) is 61.4 Å². The van der Waals surface area contributed by atoms with Gasteiger partial charge in [0.25, 0.3) is 0 Å². The Balaban J connectivity index is 2.03. The fourth-order valence-corrected chi connectivity index (χ4v) is 2.10. The number of aliphatic hydroxyl groups is 1. The van der Waals surface area contributed by atoms with Gasteiger partial charge < -0.3 is 15.7 Å². The number of benzene rings is 1. The van der Waals surface area contributed by atoms with E-state index in [0.29, 0.717) is 13.0 Å². The number of aliphatic hydroxyl groups excluding tert-OH is 1. The quantitative estimate of drug-likeness (QED) is 0.733. The summed E-state index contributed by atoms with van der Waals surface area (Å²) in [7, 11) is 0. The molecule has 1 atom stereocenters. The van der Waals surface area contributed by atoms with E-state index in [0.717, 1.165) is 0 Å². The molecule has 0 bridgehead atoms. The predicted molar refractivity (Wildman–Crippen MR) is 70.1 cm³/mol. The Labute approximate surface area is 107 Å². The molecule has 2 rings (SSSR count). The zero-order valence-electron chi connectivity index (χ0n) is 10.9. The van der Waals surface area contributed by atoms with E-state index < -0.39 is 5.54 Å². The Morgan fingerprint density at radius 1 is 1.44 bits per heavy atom. The SMILES string of the molecule is CC(C)(CO)NC(=O)[C@H]1Cc2ccccc2CN1. The van der Waals surface area contributed by atoms with Crippen molar-refractivity contribution in [2.45, 2.75) is 38.4 Å². The number of amides is 1. The number of carbonyl (C=O) groups excluding carboxylic acids is 1. The molecule has 0 radical (unpaired) electrons. The van der Waals surface area contributed by atoms with Crippen molar-refractivity contribution >= 4 is 5.91 Å². The van der Waals surface area contributed by atoms with E-state index >= 15 is 0 Å². The Bertz CT molecular complexity index is 443. The molecule has 1 aromatic rings. The van der Waals surface area contributed by atoms with Gasteiger partial charge in [0.05, 0.1) is 18.2 Å². The number of hydrogen-bond acceptors (Lipinski definition) is 3. The third-order valence-corrected chi connectivity index (χ3v) is 3.25. The fourth-order valence-electron chi connectivity index (χ4n) is 2.10. The molecule has 0 unspecified atom stereocenters. The summed E-state index contributed by atoms with van der Waals surface area (Å²) in [4.78, 5) is 12.1. The molecule has 0 saturated carbocycles. The molecule has 98 valence electrons. The molecule has 0 saturated heterocycles. The minimum absolute atomic E-state index is 0.0523. The molecule has 4 nitrogen and oxygen atoms in total. The van der Waals surface area contributed by atoms with Gasteiger partial charge in [-0.05, 0) is 31.4 Å². The Morgan fingerprint density at radius 2 is 2.11 bits per heavy atom. The maximum Gasteiger partial charge on any atom is 0.237 e. The lowest BCUT2D eigenvalue weighted by Crippen LogP contribution is -2.55. The molecule has 18 heavy (non-hydrogen) atoms. The lowest BCUT2D eigenvalue weighted by molar-refractivity contribution is -0.125. The van der Waals surface area contributed by atoms with Crippen LogP contribution in [-0.4, -0.2) is 29.2 Å². The van der Waals surface area contributed by atoms with Gasteiger partial charge in [0.15, 0.2) is 0 Å². The molecule has 0 fully saturated rings. The van der Waals surface area contributed by atoms with Crippen LogP contribution in [0.3, 0.4) is 0 Å². The minimum Gasteiger partial charge on any atom is -0.394 e. The average molecular weight is 248 g/mol. The summed E-state index contributed by atoms with van der Waals surface area (Å²) in [5.74, 6) is -0.0523. The molecular formula is C14H20N2O2. The van der Waals surface area contributed by atoms with Crippen molar-refractivity contribution in [3.63, 3.8) is 0 Å². The van der Waals surface area contributed by atoms with Crippen molar-refractivity contribution in [2.24, 2.45) is 0 Å². The van der Waals surface area contributed by atoms with Crippen molar-refractivity contribution in [1.29, 1.82) is 0 Å². The normalized spacial score (nSPS) is 19.2. The molecule has 4 heteroatoms. The van der Waals surface area contributed by atoms with Crippen LogP contribution in [0.5, 0.6) is 0 Å². The highest BCUT2D eigenvalue weighted by atomic mass is 16.3. The van der Waals surface area contributed by atoms with Crippen molar-refractivity contribution in [3.8, 4) is 0 Å². The Morgan fingerprint density at radius 3 is 2.78 bits per heavy atom. The predicted octanol–water partition coefficient (Wildman–Crippen LogP) is 0.588. The molecule has 0 spiro atoms. The van der Waals surface area contributed by atoms with Crippen LogP contribution in [0, 0.1) is 0 Å². The highest BCUT2D eigenvalue weighted by Gasteiger charge is 2.27. The van der Waals surface area contributed by atoms with E-state index in [-0.39, 0.29) is 18.6 Å². The molecular weight excluding hydrogens is 228 g/mol. The first-order valence-electron chi connectivity index (χ1n) is 6.25. The molecule has 0 aromatic heterocycles. The highest BCUT2D eigenvalue weighted by Crippen LogP contribution is 2.16. The van der Waals surface area contributed by atoms with E-state index in [1.807, 2.05) is 26.0 Å². The highest BCUT2D eigenvalue weighted by molar-refractivity contribution is 5.83. The molecule has 1 amide bonds. The van der Waals surface area contributed by atoms with Crippen molar-refractivity contribution in [3.05, 3.63) is 35.4 Å². The zero-order valence-corrected chi connectivity index (χ0v) is 10.9. The van der Waals surface area contributed by atoms with Crippen LogP contribution in [0.4, 0.5) is 0 Å². The second-order valence-corrected chi connectivity index (χ2v) is 5.44. The van der Waals surface area contributed by atoms with Crippen molar-refractivity contribution in [2.75, 3.05) is 6.61 Å². The Hall–Kier alpha value is -1.39. The summed E-state index contributed by atoms with van der Waals surface area (Å²) >= 11 is 0. The van der Waals surface area contributed by atoms with Crippen LogP contribution in [0.2, 0.25) is 0 Å². The van der Waals surface area contributed by atoms with Crippen LogP contribution in [0.1, 0.15) is 25.0 Å². The Kier molecular flexibility index (Phi) is 3.68. The average Bonchev–Trinajstić information content (AvgIpc) is 2.37. The maximum absolute atomic E-state index is 12.1. The number of nitrogens with one attached hydrogen (secondary N) is 2. The molecule has 3 N–H and O–H groups in total. The van der Waals surface area contributed by atoms with Crippen LogP contribution in [0.25, 0.3) is 0 Å². The van der Waals surface area contributed by atoms with Gasteiger partial charge in [0.1, 0.15) is 0 Å². The first-order chi connectivity index (χ1) is 8.52. The summed E-state index contributed by atoms with van der Waals surface area (Å²) in [6.45, 7) is 4.26. The maximum atomic E-state index is 12.1. The van der Waals surface area contributed by atoms with Crippen LogP contribution in [0.15, 0.2) is 24.3 Å². The lowest BCUT2D eigenvalue weighted by Gasteiger charge is -2.30. The van der Waals surface area contributed by atoms with Gasteiger partial charge in [-0.25, -0.2) is 0 Å². The van der Waals surface area contributed by atoms with Gasteiger partial charge >= 0.3 is 0 Å². The summed E-state index contributed by atoms with van der Waals surface area (Å²) in [5, 5.41) is 15.2. The second-order valence-electron chi connectivity index (χ2n) is 5.44. The second kappa shape index (κ2) is 5.08. The summed E-state index contributed by atoms with van der Waals surface area (Å²) in [6.07, 6.45) is 0.698. The molecule has 1 aliphatic heterocycles. The largest absolute Gasteiger partial charge is 0.394 e. The zero-order chi connectivity index (χ0) is 13.2. The van der Waals surface area contributed by atoms with E-state index in [1.54, 1.807) is 0 Å². The van der Waals surface area contributed by atoms with E-state index in [2.05, 4.69) is 22.8 Å². The van der Waals surface area contributed by atoms with Gasteiger partial charge in [0.2, 0.25) is 5.91 Å². The number of fused-ring (bicyclic) bond motifs is 1. The molecule has 1 heterocycles. The third-order valence-electron chi connectivity index (χ3n) is 3.25. The fraction of sp³-hybridized carbons (Fsp3) is 0.500. The summed E-state index contributed by atoms with van der Waals surface area (Å²) in [6, 6.07) is 7.93. The minimum atomic E-state index is -0.574. The van der Waals surface area contributed by atoms with Gasteiger partial charge in [0, 0.05) is 6.54 Å². The van der Waals surface area contributed by atoms with E-state index in [1.165, 1.54) is 11.1 Å². The monoisotopic (exact) mass is 248 g/mol. The van der Waals surface area contributed by atoms with Gasteiger partial charge in [-0.1, -0.05) is 24.3 Å².